The van der Waals surface area contributed by atoms with Crippen molar-refractivity contribution in [3.63, 3.8) is 0 Å². The first-order valence-electron chi connectivity index (χ1n) is 9.51. The first kappa shape index (κ1) is 15.9. The van der Waals surface area contributed by atoms with Crippen LogP contribution in [0.4, 0.5) is 0 Å². The molecular weight excluding hydrogens is 365 g/mol. The Morgan fingerprint density at radius 3 is 1.71 bits per heavy atom. The minimum atomic E-state index is -3.55. The summed E-state index contributed by atoms with van der Waals surface area (Å²) in [6.45, 7) is 1.96. The van der Waals surface area contributed by atoms with Crippen LogP contribution in [0.3, 0.4) is 0 Å². The van der Waals surface area contributed by atoms with Gasteiger partial charge >= 0.3 is 163 Å². The van der Waals surface area contributed by atoms with E-state index in [1.54, 1.807) is 0 Å². The molecule has 0 aliphatic carbocycles. The van der Waals surface area contributed by atoms with Crippen LogP contribution in [0.25, 0.3) is 21.5 Å². The van der Waals surface area contributed by atoms with Crippen LogP contribution in [0, 0.1) is 17.2 Å². The molecule has 4 aromatic rings. The van der Waals surface area contributed by atoms with Crippen molar-refractivity contribution in [3.8, 4) is 17.6 Å². The third-order valence-electron chi connectivity index (χ3n) is 6.07. The summed E-state index contributed by atoms with van der Waals surface area (Å²) in [7, 11) is -3.55. The second-order valence-electron chi connectivity index (χ2n) is 7.78. The van der Waals surface area contributed by atoms with E-state index in [4.69, 9.17) is 9.05 Å². The molecule has 28 heavy (non-hydrogen) atoms. The molecule has 136 valence electrons. The van der Waals surface area contributed by atoms with E-state index in [1.807, 2.05) is 31.2 Å². The number of hydrogen-bond acceptors (Lipinski definition) is 3. The van der Waals surface area contributed by atoms with Crippen LogP contribution in [-0.4, -0.2) is 6.16 Å². The first-order chi connectivity index (χ1) is 13.6. The van der Waals surface area contributed by atoms with E-state index in [1.165, 1.54) is 0 Å². The molecule has 1 spiro atoms. The van der Waals surface area contributed by atoms with Gasteiger partial charge in [0.25, 0.3) is 0 Å². The fourth-order valence-electron chi connectivity index (χ4n) is 5.05. The molecule has 0 aromatic heterocycles. The van der Waals surface area contributed by atoms with Gasteiger partial charge in [0, 0.05) is 0 Å². The Bertz CT molecular complexity index is 1250. The SMILES string of the molecule is CC(C#N)CP12(Oc3cccc4cccc1c34)Oc1cccc3cccc2c13. The van der Waals surface area contributed by atoms with Gasteiger partial charge in [0.15, 0.2) is 0 Å². The molecule has 4 aromatic carbocycles. The zero-order chi connectivity index (χ0) is 19.0. The number of fused-ring (bicyclic) bond motifs is 2. The van der Waals surface area contributed by atoms with Crippen molar-refractivity contribution in [3.05, 3.63) is 72.8 Å². The van der Waals surface area contributed by atoms with Crippen LogP contribution in [0.1, 0.15) is 6.92 Å². The first-order valence-corrected chi connectivity index (χ1v) is 11.8. The van der Waals surface area contributed by atoms with Gasteiger partial charge in [0.2, 0.25) is 0 Å². The zero-order valence-corrected chi connectivity index (χ0v) is 16.3. The van der Waals surface area contributed by atoms with Crippen LogP contribution in [0.15, 0.2) is 72.8 Å². The molecule has 2 heterocycles. The molecule has 0 saturated heterocycles. The summed E-state index contributed by atoms with van der Waals surface area (Å²) in [4.78, 5) is 0. The van der Waals surface area contributed by atoms with Gasteiger partial charge in [-0.3, -0.25) is 0 Å². The van der Waals surface area contributed by atoms with Crippen LogP contribution in [0.5, 0.6) is 11.5 Å². The van der Waals surface area contributed by atoms with Crippen molar-refractivity contribution < 1.29 is 9.05 Å². The quantitative estimate of drug-likeness (QED) is 0.443. The third kappa shape index (κ3) is 1.68. The molecule has 0 bridgehead atoms. The summed E-state index contributed by atoms with van der Waals surface area (Å²) in [5, 5.41) is 16.5. The van der Waals surface area contributed by atoms with Gasteiger partial charge in [-0.1, -0.05) is 0 Å². The number of hydrogen-bond donors (Lipinski definition) is 0. The normalized spacial score (nSPS) is 19.5. The zero-order valence-electron chi connectivity index (χ0n) is 15.4. The topological polar surface area (TPSA) is 42.2 Å². The molecule has 1 unspecified atom stereocenters. The van der Waals surface area contributed by atoms with E-state index in [2.05, 4.69) is 54.6 Å². The number of benzene rings is 4. The molecule has 2 aliphatic heterocycles. The van der Waals surface area contributed by atoms with E-state index in [0.29, 0.717) is 6.16 Å². The predicted octanol–water partition coefficient (Wildman–Crippen LogP) is 5.27. The van der Waals surface area contributed by atoms with Gasteiger partial charge in [-0.2, -0.15) is 0 Å². The van der Waals surface area contributed by atoms with Crippen LogP contribution < -0.4 is 19.7 Å². The Hall–Kier alpha value is -3.08. The van der Waals surface area contributed by atoms with E-state index in [0.717, 1.165) is 43.7 Å². The Labute approximate surface area is 163 Å². The van der Waals surface area contributed by atoms with E-state index < -0.39 is 7.06 Å². The Kier molecular flexibility index (Phi) is 2.87. The predicted molar refractivity (Wildman–Crippen MR) is 115 cm³/mol. The summed E-state index contributed by atoms with van der Waals surface area (Å²) in [6, 6.07) is 27.4. The molecule has 0 fully saturated rings. The Balaban J connectivity index is 1.80. The molecule has 1 atom stereocenters. The molecule has 3 nitrogen and oxygen atoms in total. The Morgan fingerprint density at radius 1 is 0.786 bits per heavy atom. The molecule has 6 rings (SSSR count). The van der Waals surface area contributed by atoms with Crippen LogP contribution in [0.2, 0.25) is 0 Å². The van der Waals surface area contributed by atoms with Crippen molar-refractivity contribution in [1.82, 2.24) is 0 Å². The van der Waals surface area contributed by atoms with Crippen LogP contribution >= 0.6 is 7.06 Å². The monoisotopic (exact) mass is 383 g/mol. The van der Waals surface area contributed by atoms with E-state index >= 15 is 0 Å². The summed E-state index contributed by atoms with van der Waals surface area (Å²) in [6.07, 6.45) is 0.545. The van der Waals surface area contributed by atoms with E-state index in [-0.39, 0.29) is 5.92 Å². The maximum atomic E-state index is 9.72. The van der Waals surface area contributed by atoms with Gasteiger partial charge in [-0.25, -0.2) is 0 Å². The summed E-state index contributed by atoms with van der Waals surface area (Å²) in [5.41, 5.74) is 0. The fraction of sp³-hybridized carbons (Fsp3) is 0.125. The molecule has 0 radical (unpaired) electrons. The average Bonchev–Trinajstić information content (AvgIpc) is 3.16. The van der Waals surface area contributed by atoms with Gasteiger partial charge in [0.05, 0.1) is 0 Å². The van der Waals surface area contributed by atoms with Gasteiger partial charge in [-0.15, -0.1) is 0 Å². The molecule has 0 saturated carbocycles. The average molecular weight is 383 g/mol. The minimum absolute atomic E-state index is 0.202. The van der Waals surface area contributed by atoms with Gasteiger partial charge in [0.1, 0.15) is 0 Å². The second-order valence-corrected chi connectivity index (χ2v) is 11.7. The van der Waals surface area contributed by atoms with Crippen molar-refractivity contribution in [2.45, 2.75) is 6.92 Å². The maximum absolute atomic E-state index is 9.72. The summed E-state index contributed by atoms with van der Waals surface area (Å²) < 4.78 is 13.9. The molecular formula is C24H18NO2P. The van der Waals surface area contributed by atoms with Gasteiger partial charge in [-0.05, 0) is 0 Å². The number of nitrogens with zero attached hydrogens (tertiary/aromatic N) is 1. The molecule has 0 N–H and O–H groups in total. The fourth-order valence-corrected chi connectivity index (χ4v) is 10.7. The second kappa shape index (κ2) is 5.04. The molecule has 4 heteroatoms. The standard InChI is InChI=1S/C24H18NO2P/c1-16(14-25)15-28(21-12-4-8-17-6-2-10-19(26-28)23(17)21)22-13-5-9-18-7-3-11-20(27-28)24(18)22/h2-13,16H,15H2,1H3. The van der Waals surface area contributed by atoms with Crippen molar-refractivity contribution in [2.75, 3.05) is 6.16 Å². The van der Waals surface area contributed by atoms with E-state index in [9.17, 15) is 5.26 Å². The van der Waals surface area contributed by atoms with Crippen molar-refractivity contribution >= 4 is 39.2 Å². The molecule has 2 aliphatic rings. The molecule has 0 amide bonds. The van der Waals surface area contributed by atoms with Crippen molar-refractivity contribution in [2.24, 2.45) is 5.92 Å². The summed E-state index contributed by atoms with van der Waals surface area (Å²) >= 11 is 0. The van der Waals surface area contributed by atoms with Crippen LogP contribution in [-0.2, 0) is 0 Å². The van der Waals surface area contributed by atoms with Crippen molar-refractivity contribution in [1.29, 1.82) is 5.26 Å². The number of rotatable bonds is 2. The summed E-state index contributed by atoms with van der Waals surface area (Å²) in [5.74, 6) is 1.52. The Morgan fingerprint density at radius 2 is 1.25 bits per heavy atom. The van der Waals surface area contributed by atoms with Gasteiger partial charge < -0.3 is 0 Å². The third-order valence-corrected chi connectivity index (χ3v) is 11.1. The number of nitriles is 1.